The Morgan fingerprint density at radius 1 is 0.652 bits per heavy atom. The lowest BCUT2D eigenvalue weighted by atomic mass is 9.96. The van der Waals surface area contributed by atoms with Crippen molar-refractivity contribution < 1.29 is 92.8 Å². The number of quaternary nitrogens is 1. The van der Waals surface area contributed by atoms with Crippen LogP contribution in [0.5, 0.6) is 11.5 Å². The van der Waals surface area contributed by atoms with E-state index in [0.717, 1.165) is 53.2 Å². The number of aliphatic hydroxyl groups is 7. The number of carbonyl (C=O) groups is 7. The van der Waals surface area contributed by atoms with Crippen molar-refractivity contribution in [2.45, 2.75) is 138 Å². The maximum atomic E-state index is 14.8. The van der Waals surface area contributed by atoms with Gasteiger partial charge in [0.05, 0.1) is 65.4 Å². The molecule has 3 aliphatic heterocycles. The number of phenols is 1. The number of alkyl halides is 1. The highest BCUT2D eigenvalue weighted by atomic mass is 19.1. The van der Waals surface area contributed by atoms with Gasteiger partial charge in [0.25, 0.3) is 5.91 Å². The van der Waals surface area contributed by atoms with Gasteiger partial charge in [-0.1, -0.05) is 67.6 Å². The molecular weight excluding hydrogens is 1160 g/mol. The number of aromatic hydroxyl groups is 1. The minimum absolute atomic E-state index is 0.0310. The first kappa shape index (κ1) is 68.8. The summed E-state index contributed by atoms with van der Waals surface area (Å²) in [6, 6.07) is 14.8. The molecule has 4 aromatic rings. The molecule has 0 aliphatic carbocycles. The van der Waals surface area contributed by atoms with Gasteiger partial charge >= 0.3 is 0 Å². The van der Waals surface area contributed by atoms with Gasteiger partial charge in [-0.25, -0.2) is 0 Å². The number of hydrogen-bond donors (Lipinski definition) is 13. The summed E-state index contributed by atoms with van der Waals surface area (Å²) >= 11 is 0. The molecule has 7 amide bonds. The highest BCUT2D eigenvalue weighted by Crippen LogP contribution is 2.30. The number of hydrogen-bond acceptors (Lipinski definition) is 17. The van der Waals surface area contributed by atoms with Crippen molar-refractivity contribution in [1.29, 1.82) is 0 Å². The van der Waals surface area contributed by atoms with Crippen molar-refractivity contribution in [3.05, 3.63) is 108 Å². The van der Waals surface area contributed by atoms with E-state index in [1.807, 2.05) is 69.7 Å². The van der Waals surface area contributed by atoms with Gasteiger partial charge in [-0.2, -0.15) is 0 Å². The summed E-state index contributed by atoms with van der Waals surface area (Å²) in [4.78, 5) is 104. The summed E-state index contributed by atoms with van der Waals surface area (Å²) < 4.78 is 24.7. The Kier molecular flexibility index (Phi) is 23.7. The van der Waals surface area contributed by atoms with E-state index in [1.165, 1.54) is 43.3 Å². The Morgan fingerprint density at radius 2 is 1.19 bits per heavy atom. The Morgan fingerprint density at radius 3 is 1.75 bits per heavy atom. The average molecular weight is 1240 g/mol. The normalized spacial score (nSPS) is 26.5. The monoisotopic (exact) mass is 1240 g/mol. The van der Waals surface area contributed by atoms with Gasteiger partial charge < -0.3 is 91.2 Å². The van der Waals surface area contributed by atoms with Gasteiger partial charge in [0.15, 0.2) is 6.23 Å². The fourth-order valence-electron chi connectivity index (χ4n) is 10.8. The zero-order chi connectivity index (χ0) is 65.0. The lowest BCUT2D eigenvalue weighted by Gasteiger charge is -2.34. The maximum absolute atomic E-state index is 14.8. The number of rotatable bonds is 19. The highest BCUT2D eigenvalue weighted by Gasteiger charge is 2.50. The Labute approximate surface area is 515 Å². The van der Waals surface area contributed by atoms with Crippen molar-refractivity contribution in [1.82, 2.24) is 36.4 Å². The molecule has 13 N–H and O–H groups in total. The van der Waals surface area contributed by atoms with E-state index in [9.17, 15) is 78.8 Å². The van der Waals surface area contributed by atoms with Crippen LogP contribution in [0.3, 0.4) is 0 Å². The molecule has 0 bridgehead atoms. The third-order valence-corrected chi connectivity index (χ3v) is 16.1. The molecule has 25 nitrogen and oxygen atoms in total. The summed E-state index contributed by atoms with van der Waals surface area (Å²) in [6.45, 7) is 3.10. The van der Waals surface area contributed by atoms with Crippen molar-refractivity contribution in [2.75, 3.05) is 60.7 Å². The van der Waals surface area contributed by atoms with E-state index >= 15 is 0 Å². The topological polar surface area (TPSA) is 366 Å². The van der Waals surface area contributed by atoms with E-state index in [2.05, 4.69) is 26.6 Å². The first-order valence-electron chi connectivity index (χ1n) is 29.8. The number of nitrogens with one attached hydrogen (secondary N) is 5. The van der Waals surface area contributed by atoms with Gasteiger partial charge in [-0.3, -0.25) is 38.0 Å². The van der Waals surface area contributed by atoms with Crippen LogP contribution in [0.25, 0.3) is 22.3 Å². The molecule has 3 saturated heterocycles. The maximum Gasteiger partial charge on any atom is 0.251 e. The summed E-state index contributed by atoms with van der Waals surface area (Å²) in [5.41, 5.74) is 3.32. The Balaban J connectivity index is 1.22. The number of halogens is 1. The summed E-state index contributed by atoms with van der Waals surface area (Å²) in [5, 5.41) is 102. The number of aliphatic hydroxyl groups excluding tert-OH is 7. The zero-order valence-corrected chi connectivity index (χ0v) is 50.6. The van der Waals surface area contributed by atoms with E-state index in [-0.39, 0.29) is 43.2 Å². The molecule has 484 valence electrons. The third-order valence-electron chi connectivity index (χ3n) is 16.1. The number of benzene rings is 4. The van der Waals surface area contributed by atoms with Crippen LogP contribution >= 0.6 is 0 Å². The standard InChI is InChI=1S/C63H83FN8O17/c1-34-32-71-52(53(34)78)60(85)69-61(89-29-27-72(4,5)6)48(77)31-46(65-56(81)42-16-14-39(15-17-42)37-10-12-38(13-11-37)40-20-24-45(25-21-40)88-28-9-7-8-26-64)57(82)66-49(35(2)73)62(86)70-33-44(76)30-47(70)58(83)68-51(59(84)67-50(36(3)74)63(71)87)55(80)54(79)41-18-22-43(75)23-19-41/h10-25,34-36,44,46-55,61,73-74,76-80H,7-9,26-33H2,1-6H3,(H5-,65,66,67,68,69,75,81,82,83,84,85)/p+1/t34-,35+,36+,44+,46-,47-,48+,49-,50-,51-,52-,53-,54-,55-,61+/m0/s1. The van der Waals surface area contributed by atoms with Crippen molar-refractivity contribution >= 4 is 41.4 Å². The second-order valence-electron chi connectivity index (χ2n) is 24.2. The Hall–Kier alpha value is -7.66. The molecule has 7 rings (SSSR count). The number of ether oxygens (including phenoxy) is 2. The molecule has 0 unspecified atom stereocenters. The van der Waals surface area contributed by atoms with Crippen LogP contribution < -0.4 is 31.3 Å². The first-order valence-corrected chi connectivity index (χ1v) is 29.8. The smallest absolute Gasteiger partial charge is 0.251 e. The zero-order valence-electron chi connectivity index (χ0n) is 50.6. The quantitative estimate of drug-likeness (QED) is 0.0425. The number of likely N-dealkylation sites (N-methyl/N-ethyl adjacent to an activating group) is 1. The number of amides is 7. The summed E-state index contributed by atoms with van der Waals surface area (Å²) in [5.74, 6) is -8.40. The molecule has 4 aromatic carbocycles. The van der Waals surface area contributed by atoms with Gasteiger partial charge in [0.1, 0.15) is 72.6 Å². The second kappa shape index (κ2) is 30.7. The minimum Gasteiger partial charge on any atom is -0.508 e. The largest absolute Gasteiger partial charge is 0.508 e. The molecule has 3 fully saturated rings. The van der Waals surface area contributed by atoms with E-state index in [4.69, 9.17) is 9.47 Å². The highest BCUT2D eigenvalue weighted by molar-refractivity contribution is 6.00. The Bertz CT molecular complexity index is 3060. The van der Waals surface area contributed by atoms with Crippen molar-refractivity contribution in [3.63, 3.8) is 0 Å². The molecule has 0 aromatic heterocycles. The van der Waals surface area contributed by atoms with Crippen LogP contribution in [0.4, 0.5) is 4.39 Å². The van der Waals surface area contributed by atoms with E-state index in [1.54, 1.807) is 12.1 Å². The lowest BCUT2D eigenvalue weighted by molar-refractivity contribution is -0.870. The summed E-state index contributed by atoms with van der Waals surface area (Å²) in [6.07, 6.45) is -13.9. The van der Waals surface area contributed by atoms with Crippen molar-refractivity contribution in [2.24, 2.45) is 5.92 Å². The number of fused-ring (bicyclic) bond motifs is 2. The predicted molar refractivity (Wildman–Crippen MR) is 320 cm³/mol. The number of nitrogens with zero attached hydrogens (tertiary/aromatic N) is 3. The van der Waals surface area contributed by atoms with Gasteiger partial charge in [0.2, 0.25) is 35.4 Å². The van der Waals surface area contributed by atoms with Crippen LogP contribution in [-0.4, -0.2) is 236 Å². The van der Waals surface area contributed by atoms with Crippen LogP contribution in [0.2, 0.25) is 0 Å². The number of phenolic OH excluding ortho intramolecular Hbond substituents is 1. The van der Waals surface area contributed by atoms with Gasteiger partial charge in [-0.15, -0.1) is 0 Å². The molecule has 15 atom stereocenters. The molecule has 0 spiro atoms. The van der Waals surface area contributed by atoms with Crippen LogP contribution in [0, 0.1) is 5.92 Å². The van der Waals surface area contributed by atoms with Crippen LogP contribution in [-0.2, 0) is 33.5 Å². The van der Waals surface area contributed by atoms with E-state index < -0.39 is 152 Å². The van der Waals surface area contributed by atoms with Gasteiger partial charge in [-0.05, 0) is 97.3 Å². The van der Waals surface area contributed by atoms with Crippen LogP contribution in [0.15, 0.2) is 97.1 Å². The number of carbonyl (C=O) groups excluding carboxylic acids is 7. The van der Waals surface area contributed by atoms with E-state index in [0.29, 0.717) is 28.8 Å². The van der Waals surface area contributed by atoms with Gasteiger partial charge in [0, 0.05) is 37.4 Å². The molecule has 0 saturated carbocycles. The lowest BCUT2D eigenvalue weighted by Crippen LogP contribution is -2.64. The fraction of sp³-hybridized carbons (Fsp3) is 0.508. The SMILES string of the molecule is C[C@@H](O)[C@@H]1NC(=O)[C@H]([C@H](O)[C@@H](O)c2ccc(O)cc2)NC(=O)[C@@H]2C[C@@H](O)CN2C(=O)[C@H]([C@@H](C)O)NC(=O)[C@@H](NC(=O)c2ccc(-c3ccc(-c4ccc(OCCCCCF)cc4)cc3)cc2)C[C@@H](O)[C@@H](OCC[N+](C)(C)C)NC(=O)[C@@H]2[C@@H](O)[C@@H](C)CN2C1=O. The van der Waals surface area contributed by atoms with Crippen molar-refractivity contribution in [3.8, 4) is 33.8 Å². The third kappa shape index (κ3) is 17.8. The molecule has 0 radical (unpaired) electrons. The predicted octanol–water partition coefficient (Wildman–Crippen LogP) is -0.247. The average Bonchev–Trinajstić information content (AvgIpc) is 1.83. The molecular formula is C63H84FN8O17+. The molecule has 3 aliphatic rings. The molecule has 26 heteroatoms. The van der Waals surface area contributed by atoms with Crippen LogP contribution in [0.1, 0.15) is 74.9 Å². The number of unbranched alkanes of at least 4 members (excludes halogenated alkanes) is 2. The minimum atomic E-state index is -2.29. The fourth-order valence-corrected chi connectivity index (χ4v) is 10.8. The molecule has 3 heterocycles. The summed E-state index contributed by atoms with van der Waals surface area (Å²) in [7, 11) is 5.51. The first-order chi connectivity index (χ1) is 42.1. The second-order valence-corrected chi connectivity index (χ2v) is 24.2. The molecule has 89 heavy (non-hydrogen) atoms.